The fourth-order valence-electron chi connectivity index (χ4n) is 5.36. The molecule has 1 atom stereocenters. The summed E-state index contributed by atoms with van der Waals surface area (Å²) in [7, 11) is 1.87. The van der Waals surface area contributed by atoms with Gasteiger partial charge in [-0.2, -0.15) is 5.10 Å². The number of aromatic nitrogens is 4. The van der Waals surface area contributed by atoms with Gasteiger partial charge in [0.1, 0.15) is 24.4 Å². The predicted molar refractivity (Wildman–Crippen MR) is 162 cm³/mol. The van der Waals surface area contributed by atoms with Crippen LogP contribution in [0, 0.1) is 5.41 Å². The highest BCUT2D eigenvalue weighted by atomic mass is 19.1. The average molecular weight is 569 g/mol. The number of nitrogens with zero attached hydrogens (tertiary/aromatic N) is 4. The Kier molecular flexibility index (Phi) is 8.43. The number of carbonyl (C=O) groups is 1. The van der Waals surface area contributed by atoms with Crippen LogP contribution in [0.4, 0.5) is 4.39 Å². The van der Waals surface area contributed by atoms with Crippen molar-refractivity contribution in [2.24, 2.45) is 12.5 Å². The lowest BCUT2D eigenvalue weighted by Gasteiger charge is -2.26. The first-order chi connectivity index (χ1) is 20.2. The maximum Gasteiger partial charge on any atom is 0.310 e. The normalized spacial score (nSPS) is 12.5. The molecule has 0 aliphatic carbocycles. The molecular weight excluding hydrogens is 531 g/mol. The summed E-state index contributed by atoms with van der Waals surface area (Å²) in [4.78, 5) is 17.3. The second-order valence-electron chi connectivity index (χ2n) is 10.9. The van der Waals surface area contributed by atoms with Crippen molar-refractivity contribution in [3.8, 4) is 16.9 Å². The van der Waals surface area contributed by atoms with E-state index in [9.17, 15) is 14.3 Å². The zero-order chi connectivity index (χ0) is 29.9. The second kappa shape index (κ2) is 12.2. The molecule has 8 heteroatoms. The van der Waals surface area contributed by atoms with Crippen molar-refractivity contribution >= 4 is 17.0 Å². The predicted octanol–water partition coefficient (Wildman–Crippen LogP) is 7.53. The molecule has 0 amide bonds. The lowest BCUT2D eigenvalue weighted by molar-refractivity contribution is -0.149. The topological polar surface area (TPSA) is 82.2 Å². The van der Waals surface area contributed by atoms with E-state index in [2.05, 4.69) is 33.9 Å². The molecule has 1 N–H and O–H groups in total. The monoisotopic (exact) mass is 568 g/mol. The van der Waals surface area contributed by atoms with Gasteiger partial charge in [-0.3, -0.25) is 9.48 Å². The van der Waals surface area contributed by atoms with Crippen LogP contribution in [0.1, 0.15) is 62.4 Å². The van der Waals surface area contributed by atoms with Gasteiger partial charge in [-0.1, -0.05) is 62.4 Å². The standard InChI is InChI=1S/C34H37FN4O3/c1-5-34(6-2,33(40)41)20-32-36-30-16-15-29(42-22-28-17-18-38(4)37-28)19-31(30)39(32)21-24-7-9-26(10-8-24)27-13-11-25(12-14-27)23(3)35/h7-19,23H,5-6,20-22H2,1-4H3,(H,40,41). The van der Waals surface area contributed by atoms with Gasteiger partial charge in [-0.15, -0.1) is 0 Å². The Morgan fingerprint density at radius 2 is 1.67 bits per heavy atom. The van der Waals surface area contributed by atoms with Crippen molar-refractivity contribution in [3.63, 3.8) is 0 Å². The average Bonchev–Trinajstić information content (AvgIpc) is 3.57. The molecule has 0 saturated carbocycles. The lowest BCUT2D eigenvalue weighted by atomic mass is 9.79. The van der Waals surface area contributed by atoms with E-state index in [4.69, 9.17) is 9.72 Å². The van der Waals surface area contributed by atoms with Crippen LogP contribution in [0.2, 0.25) is 0 Å². The van der Waals surface area contributed by atoms with Crippen molar-refractivity contribution in [2.45, 2.75) is 59.4 Å². The minimum Gasteiger partial charge on any atom is -0.487 e. The molecule has 0 spiro atoms. The van der Waals surface area contributed by atoms with Gasteiger partial charge in [0, 0.05) is 32.3 Å². The third-order valence-corrected chi connectivity index (χ3v) is 8.26. The molecule has 42 heavy (non-hydrogen) atoms. The molecule has 0 radical (unpaired) electrons. The fourth-order valence-corrected chi connectivity index (χ4v) is 5.36. The van der Waals surface area contributed by atoms with Crippen molar-refractivity contribution in [3.05, 3.63) is 102 Å². The van der Waals surface area contributed by atoms with Crippen molar-refractivity contribution < 1.29 is 19.0 Å². The summed E-state index contributed by atoms with van der Waals surface area (Å²) in [5.74, 6) is 0.624. The molecular formula is C34H37FN4O3. The number of hydrogen-bond donors (Lipinski definition) is 1. The number of aliphatic carboxylic acids is 1. The maximum absolute atomic E-state index is 13.6. The van der Waals surface area contributed by atoms with Gasteiger partial charge in [0.05, 0.1) is 22.1 Å². The number of aryl methyl sites for hydroxylation is 1. The molecule has 0 aliphatic rings. The van der Waals surface area contributed by atoms with E-state index in [1.165, 1.54) is 6.92 Å². The molecule has 0 bridgehead atoms. The number of hydrogen-bond acceptors (Lipinski definition) is 4. The number of benzene rings is 3. The number of carboxylic acid groups (broad SMARTS) is 1. The first kappa shape index (κ1) is 29.0. The molecule has 5 rings (SSSR count). The van der Waals surface area contributed by atoms with Crippen molar-refractivity contribution in [2.75, 3.05) is 0 Å². The molecule has 218 valence electrons. The third-order valence-electron chi connectivity index (χ3n) is 8.26. The van der Waals surface area contributed by atoms with Gasteiger partial charge >= 0.3 is 5.97 Å². The number of rotatable bonds is 12. The van der Waals surface area contributed by atoms with E-state index in [0.717, 1.165) is 39.2 Å². The van der Waals surface area contributed by atoms with Crippen LogP contribution in [0.25, 0.3) is 22.2 Å². The zero-order valence-electron chi connectivity index (χ0n) is 24.5. The van der Waals surface area contributed by atoms with E-state index < -0.39 is 17.6 Å². The van der Waals surface area contributed by atoms with E-state index in [0.29, 0.717) is 43.7 Å². The van der Waals surface area contributed by atoms with Gasteiger partial charge in [-0.25, -0.2) is 9.37 Å². The zero-order valence-corrected chi connectivity index (χ0v) is 24.5. The van der Waals surface area contributed by atoms with Crippen molar-refractivity contribution in [1.82, 2.24) is 19.3 Å². The van der Waals surface area contributed by atoms with E-state index in [-0.39, 0.29) is 0 Å². The van der Waals surface area contributed by atoms with Gasteiger partial charge in [0.15, 0.2) is 0 Å². The minimum absolute atomic E-state index is 0.325. The number of fused-ring (bicyclic) bond motifs is 1. The summed E-state index contributed by atoms with van der Waals surface area (Å²) in [6.45, 7) is 6.25. The molecule has 2 aromatic heterocycles. The van der Waals surface area contributed by atoms with Gasteiger partial charge < -0.3 is 14.4 Å². The first-order valence-corrected chi connectivity index (χ1v) is 14.4. The van der Waals surface area contributed by atoms with Crippen LogP contribution < -0.4 is 4.74 Å². The Morgan fingerprint density at radius 1 is 1.00 bits per heavy atom. The summed E-state index contributed by atoms with van der Waals surface area (Å²) in [5.41, 5.74) is 5.39. The highest BCUT2D eigenvalue weighted by molar-refractivity contribution is 5.79. The lowest BCUT2D eigenvalue weighted by Crippen LogP contribution is -2.33. The number of alkyl halides is 1. The minimum atomic E-state index is -0.998. The molecule has 5 aromatic rings. The number of ether oxygens (including phenoxy) is 1. The van der Waals surface area contributed by atoms with E-state index >= 15 is 0 Å². The molecule has 2 heterocycles. The molecule has 0 fully saturated rings. The van der Waals surface area contributed by atoms with Gasteiger partial charge in [0.25, 0.3) is 0 Å². The van der Waals surface area contributed by atoms with Crippen LogP contribution in [0.5, 0.6) is 5.75 Å². The summed E-state index contributed by atoms with van der Waals surface area (Å²) >= 11 is 0. The van der Waals surface area contributed by atoms with Gasteiger partial charge in [0.2, 0.25) is 0 Å². The number of halogens is 1. The van der Waals surface area contributed by atoms with Crippen LogP contribution in [0.3, 0.4) is 0 Å². The highest BCUT2D eigenvalue weighted by Gasteiger charge is 2.37. The number of carboxylic acids is 1. The van der Waals surface area contributed by atoms with E-state index in [1.807, 2.05) is 75.6 Å². The van der Waals surface area contributed by atoms with E-state index in [1.54, 1.807) is 4.68 Å². The summed E-state index contributed by atoms with van der Waals surface area (Å²) in [5, 5.41) is 14.5. The summed E-state index contributed by atoms with van der Waals surface area (Å²) < 4.78 is 23.5. The Hall–Kier alpha value is -4.46. The van der Waals surface area contributed by atoms with Gasteiger partial charge in [-0.05, 0) is 60.2 Å². The molecule has 1 unspecified atom stereocenters. The highest BCUT2D eigenvalue weighted by Crippen LogP contribution is 2.34. The second-order valence-corrected chi connectivity index (χ2v) is 10.9. The Labute approximate surface area is 245 Å². The Balaban J connectivity index is 1.48. The Morgan fingerprint density at radius 3 is 2.24 bits per heavy atom. The SMILES string of the molecule is CCC(CC)(Cc1nc2ccc(OCc3ccn(C)n3)cc2n1Cc1ccc(-c2ccc(C(C)F)cc2)cc1)C(=O)O. The van der Waals surface area contributed by atoms with Crippen molar-refractivity contribution in [1.29, 1.82) is 0 Å². The quantitative estimate of drug-likeness (QED) is 0.168. The van der Waals surface area contributed by atoms with Crippen LogP contribution in [-0.4, -0.2) is 30.4 Å². The van der Waals surface area contributed by atoms with Crippen LogP contribution in [-0.2, 0) is 31.4 Å². The molecule has 0 aliphatic heterocycles. The molecule has 3 aromatic carbocycles. The molecule has 7 nitrogen and oxygen atoms in total. The maximum atomic E-state index is 13.6. The third kappa shape index (κ3) is 6.08. The van der Waals surface area contributed by atoms with Crippen LogP contribution >= 0.6 is 0 Å². The van der Waals surface area contributed by atoms with Crippen LogP contribution in [0.15, 0.2) is 79.0 Å². The Bertz CT molecular complexity index is 1670. The smallest absolute Gasteiger partial charge is 0.310 e. The molecule has 0 saturated heterocycles. The fraction of sp³-hybridized carbons (Fsp3) is 0.324. The summed E-state index contributed by atoms with van der Waals surface area (Å²) in [6, 6.07) is 23.5. The first-order valence-electron chi connectivity index (χ1n) is 14.4. The number of imidazole rings is 1. The largest absolute Gasteiger partial charge is 0.487 e. The summed E-state index contributed by atoms with van der Waals surface area (Å²) in [6.07, 6.45) is 2.22.